The summed E-state index contributed by atoms with van der Waals surface area (Å²) in [6.45, 7) is 2.37. The summed E-state index contributed by atoms with van der Waals surface area (Å²) in [6, 6.07) is 0. The van der Waals surface area contributed by atoms with Gasteiger partial charge < -0.3 is 4.74 Å². The fourth-order valence-electron chi connectivity index (χ4n) is 2.30. The minimum absolute atomic E-state index is 0.00866. The van der Waals surface area contributed by atoms with Crippen molar-refractivity contribution in [3.8, 4) is 0 Å². The van der Waals surface area contributed by atoms with E-state index in [2.05, 4.69) is 12.2 Å². The van der Waals surface area contributed by atoms with Crippen LogP contribution in [0.25, 0.3) is 0 Å². The Bertz CT molecular complexity index is 220. The van der Waals surface area contributed by atoms with E-state index in [1.54, 1.807) is 0 Å². The molecule has 0 unspecified atom stereocenters. The summed E-state index contributed by atoms with van der Waals surface area (Å²) in [5.41, 5.74) is 0. The average molecular weight is 166 g/mol. The largest absolute Gasteiger partial charge is 0.466 e. The maximum absolute atomic E-state index is 11.4. The van der Waals surface area contributed by atoms with Gasteiger partial charge in [-0.15, -0.1) is 0 Å². The Morgan fingerprint density at radius 2 is 2.33 bits per heavy atom. The van der Waals surface area contributed by atoms with Crippen LogP contribution in [0.3, 0.4) is 0 Å². The third-order valence-corrected chi connectivity index (χ3v) is 2.87. The topological polar surface area (TPSA) is 26.3 Å². The average Bonchev–Trinajstić information content (AvgIpc) is 2.64. The van der Waals surface area contributed by atoms with Crippen LogP contribution in [0.15, 0.2) is 12.2 Å². The van der Waals surface area contributed by atoms with Gasteiger partial charge in [0.15, 0.2) is 0 Å². The second-order valence-corrected chi connectivity index (χ2v) is 3.64. The van der Waals surface area contributed by atoms with E-state index in [1.807, 2.05) is 6.92 Å². The molecule has 2 rings (SSSR count). The number of carbonyl (C=O) groups excluding carboxylic acids is 1. The van der Waals surface area contributed by atoms with E-state index in [1.165, 1.54) is 6.42 Å². The predicted octanol–water partition coefficient (Wildman–Crippen LogP) is 1.76. The van der Waals surface area contributed by atoms with Crippen LogP contribution in [0.5, 0.6) is 0 Å². The molecule has 0 N–H and O–H groups in total. The van der Waals surface area contributed by atoms with Crippen molar-refractivity contribution in [1.29, 1.82) is 0 Å². The quantitative estimate of drug-likeness (QED) is 0.461. The minimum atomic E-state index is 0.00866. The summed E-state index contributed by atoms with van der Waals surface area (Å²) >= 11 is 0. The summed E-state index contributed by atoms with van der Waals surface area (Å²) in [7, 11) is 0. The zero-order valence-corrected chi connectivity index (χ0v) is 7.32. The van der Waals surface area contributed by atoms with Gasteiger partial charge in [-0.1, -0.05) is 12.2 Å². The summed E-state index contributed by atoms with van der Waals surface area (Å²) < 4.78 is 5.01. The number of ether oxygens (including phenoxy) is 1. The molecule has 2 nitrogen and oxygen atoms in total. The second-order valence-electron chi connectivity index (χ2n) is 3.64. The molecule has 66 valence electrons. The molecule has 0 aliphatic heterocycles. The van der Waals surface area contributed by atoms with Gasteiger partial charge in [0.2, 0.25) is 0 Å². The van der Waals surface area contributed by atoms with Crippen LogP contribution in [-0.2, 0) is 9.53 Å². The van der Waals surface area contributed by atoms with E-state index in [0.717, 1.165) is 6.42 Å². The van der Waals surface area contributed by atoms with Crippen molar-refractivity contribution < 1.29 is 9.53 Å². The van der Waals surface area contributed by atoms with Crippen LogP contribution < -0.4 is 0 Å². The molecule has 0 aromatic rings. The molecule has 2 aliphatic carbocycles. The number of hydrogen-bond acceptors (Lipinski definition) is 2. The Kier molecular flexibility index (Phi) is 1.91. The molecule has 1 saturated carbocycles. The summed E-state index contributed by atoms with van der Waals surface area (Å²) in [5.74, 6) is 1.31. The standard InChI is InChI=1S/C10H14O2/c1-2-12-10(11)9-6-7-3-4-8(9)5-7/h3-4,7-9H,2,5-6H2,1H3/t7-,8+,9-/m0/s1. The van der Waals surface area contributed by atoms with E-state index in [9.17, 15) is 4.79 Å². The fraction of sp³-hybridized carbons (Fsp3) is 0.700. The summed E-state index contributed by atoms with van der Waals surface area (Å²) in [4.78, 5) is 11.4. The summed E-state index contributed by atoms with van der Waals surface area (Å²) in [6.07, 6.45) is 6.60. The lowest BCUT2D eigenvalue weighted by atomic mass is 9.94. The molecule has 0 amide bonds. The van der Waals surface area contributed by atoms with Gasteiger partial charge in [0.25, 0.3) is 0 Å². The number of allylic oxidation sites excluding steroid dienone is 2. The molecule has 0 aromatic heterocycles. The Balaban J connectivity index is 1.98. The van der Waals surface area contributed by atoms with Gasteiger partial charge in [-0.2, -0.15) is 0 Å². The zero-order chi connectivity index (χ0) is 8.55. The first-order chi connectivity index (χ1) is 5.81. The first kappa shape index (κ1) is 7.84. The molecule has 1 fully saturated rings. The van der Waals surface area contributed by atoms with E-state index in [4.69, 9.17) is 4.74 Å². The lowest BCUT2D eigenvalue weighted by molar-refractivity contribution is -0.148. The third-order valence-electron chi connectivity index (χ3n) is 2.87. The first-order valence-corrected chi connectivity index (χ1v) is 4.66. The number of rotatable bonds is 2. The van der Waals surface area contributed by atoms with Gasteiger partial charge >= 0.3 is 5.97 Å². The number of fused-ring (bicyclic) bond motifs is 2. The normalized spacial score (nSPS) is 37.2. The first-order valence-electron chi connectivity index (χ1n) is 4.66. The second kappa shape index (κ2) is 2.92. The molecular formula is C10H14O2. The monoisotopic (exact) mass is 166 g/mol. The lowest BCUT2D eigenvalue weighted by Crippen LogP contribution is -2.21. The van der Waals surface area contributed by atoms with Gasteiger partial charge in [-0.25, -0.2) is 0 Å². The smallest absolute Gasteiger partial charge is 0.309 e. The van der Waals surface area contributed by atoms with Crippen molar-refractivity contribution in [2.24, 2.45) is 17.8 Å². The maximum atomic E-state index is 11.4. The van der Waals surface area contributed by atoms with Crippen molar-refractivity contribution in [1.82, 2.24) is 0 Å². The van der Waals surface area contributed by atoms with Crippen molar-refractivity contribution in [3.05, 3.63) is 12.2 Å². The fourth-order valence-corrected chi connectivity index (χ4v) is 2.30. The molecular weight excluding hydrogens is 152 g/mol. The molecule has 0 radical (unpaired) electrons. The minimum Gasteiger partial charge on any atom is -0.466 e. The highest BCUT2D eigenvalue weighted by Crippen LogP contribution is 2.43. The van der Waals surface area contributed by atoms with Gasteiger partial charge in [0, 0.05) is 0 Å². The Morgan fingerprint density at radius 3 is 2.83 bits per heavy atom. The molecule has 0 saturated heterocycles. The van der Waals surface area contributed by atoms with Crippen LogP contribution >= 0.6 is 0 Å². The molecule has 12 heavy (non-hydrogen) atoms. The predicted molar refractivity (Wildman–Crippen MR) is 45.5 cm³/mol. The zero-order valence-electron chi connectivity index (χ0n) is 7.32. The van der Waals surface area contributed by atoms with Gasteiger partial charge in [0.1, 0.15) is 0 Å². The lowest BCUT2D eigenvalue weighted by Gasteiger charge is -2.15. The van der Waals surface area contributed by atoms with Crippen molar-refractivity contribution in [2.45, 2.75) is 19.8 Å². The SMILES string of the molecule is CCOC(=O)[C@H]1C[C@H]2C=C[C@@H]1C2. The highest BCUT2D eigenvalue weighted by molar-refractivity contribution is 5.74. The number of carbonyl (C=O) groups is 1. The Hall–Kier alpha value is -0.790. The molecule has 0 aromatic carbocycles. The van der Waals surface area contributed by atoms with Crippen LogP contribution in [0.4, 0.5) is 0 Å². The van der Waals surface area contributed by atoms with Gasteiger partial charge in [-0.05, 0) is 31.6 Å². The molecule has 3 atom stereocenters. The molecule has 2 heteroatoms. The van der Waals surface area contributed by atoms with Crippen molar-refractivity contribution in [3.63, 3.8) is 0 Å². The highest BCUT2D eigenvalue weighted by Gasteiger charge is 2.40. The maximum Gasteiger partial charge on any atom is 0.309 e. The van der Waals surface area contributed by atoms with Crippen molar-refractivity contribution >= 4 is 5.97 Å². The number of hydrogen-bond donors (Lipinski definition) is 0. The van der Waals surface area contributed by atoms with Crippen LogP contribution in [-0.4, -0.2) is 12.6 Å². The van der Waals surface area contributed by atoms with E-state index >= 15 is 0 Å². The molecule has 2 bridgehead atoms. The van der Waals surface area contributed by atoms with Crippen LogP contribution in [0.2, 0.25) is 0 Å². The van der Waals surface area contributed by atoms with Gasteiger partial charge in [-0.3, -0.25) is 4.79 Å². The van der Waals surface area contributed by atoms with Crippen LogP contribution in [0, 0.1) is 17.8 Å². The number of esters is 1. The van der Waals surface area contributed by atoms with E-state index in [0.29, 0.717) is 18.4 Å². The summed E-state index contributed by atoms with van der Waals surface area (Å²) in [5, 5.41) is 0. The Morgan fingerprint density at radius 1 is 1.50 bits per heavy atom. The molecule has 0 spiro atoms. The van der Waals surface area contributed by atoms with Crippen LogP contribution in [0.1, 0.15) is 19.8 Å². The third kappa shape index (κ3) is 1.15. The molecule has 2 aliphatic rings. The molecule has 0 heterocycles. The highest BCUT2D eigenvalue weighted by atomic mass is 16.5. The van der Waals surface area contributed by atoms with Crippen molar-refractivity contribution in [2.75, 3.05) is 6.61 Å². The Labute approximate surface area is 72.6 Å². The van der Waals surface area contributed by atoms with Gasteiger partial charge in [0.05, 0.1) is 12.5 Å². The van der Waals surface area contributed by atoms with E-state index in [-0.39, 0.29) is 11.9 Å². The van der Waals surface area contributed by atoms with E-state index < -0.39 is 0 Å².